The lowest BCUT2D eigenvalue weighted by Crippen LogP contribution is -2.40. The van der Waals surface area contributed by atoms with Crippen LogP contribution in [0.5, 0.6) is 11.5 Å². The van der Waals surface area contributed by atoms with Crippen LogP contribution in [0, 0.1) is 5.92 Å². The third-order valence-corrected chi connectivity index (χ3v) is 4.02. The Morgan fingerprint density at radius 2 is 2.14 bits per heavy atom. The van der Waals surface area contributed by atoms with E-state index in [0.29, 0.717) is 29.5 Å². The summed E-state index contributed by atoms with van der Waals surface area (Å²) in [4.78, 5) is 14.6. The van der Waals surface area contributed by atoms with E-state index in [1.807, 2.05) is 4.90 Å². The molecule has 0 bridgehead atoms. The van der Waals surface area contributed by atoms with Gasteiger partial charge in [0.15, 0.2) is 0 Å². The zero-order valence-corrected chi connectivity index (χ0v) is 14.0. The summed E-state index contributed by atoms with van der Waals surface area (Å²) in [5.74, 6) is 1.77. The number of nitrogens with zero attached hydrogens (tertiary/aromatic N) is 1. The summed E-state index contributed by atoms with van der Waals surface area (Å²) >= 11 is 0. The maximum absolute atomic E-state index is 12.7. The number of ether oxygens (including phenoxy) is 2. The number of rotatable bonds is 5. The van der Waals surface area contributed by atoms with Crippen LogP contribution >= 0.6 is 12.4 Å². The minimum Gasteiger partial charge on any atom is -0.497 e. The highest BCUT2D eigenvalue weighted by molar-refractivity contribution is 5.97. The van der Waals surface area contributed by atoms with Crippen molar-refractivity contribution in [3.8, 4) is 11.5 Å². The number of hydrogen-bond donors (Lipinski definition) is 1. The van der Waals surface area contributed by atoms with Gasteiger partial charge in [-0.05, 0) is 43.9 Å². The largest absolute Gasteiger partial charge is 0.497 e. The molecule has 2 N–H and O–H groups in total. The first-order valence-electron chi connectivity index (χ1n) is 7.41. The van der Waals surface area contributed by atoms with Crippen molar-refractivity contribution in [3.63, 3.8) is 0 Å². The first-order valence-corrected chi connectivity index (χ1v) is 7.41. The number of carbonyl (C=O) groups is 1. The summed E-state index contributed by atoms with van der Waals surface area (Å²) in [6.45, 7) is 2.26. The molecule has 0 aliphatic carbocycles. The molecule has 0 radical (unpaired) electrons. The van der Waals surface area contributed by atoms with Crippen LogP contribution in [0.25, 0.3) is 0 Å². The SMILES string of the molecule is COc1ccc(C(=O)N2CCCC(CCN)C2)c(OC)c1.Cl. The maximum Gasteiger partial charge on any atom is 0.257 e. The summed E-state index contributed by atoms with van der Waals surface area (Å²) in [7, 11) is 3.16. The fourth-order valence-electron chi connectivity index (χ4n) is 2.87. The predicted molar refractivity (Wildman–Crippen MR) is 89.1 cm³/mol. The Hall–Kier alpha value is -1.46. The van der Waals surface area contributed by atoms with Gasteiger partial charge in [0.05, 0.1) is 19.8 Å². The second-order valence-electron chi connectivity index (χ2n) is 5.40. The Labute approximate surface area is 138 Å². The summed E-state index contributed by atoms with van der Waals surface area (Å²) in [5.41, 5.74) is 6.22. The van der Waals surface area contributed by atoms with Gasteiger partial charge in [-0.3, -0.25) is 4.79 Å². The van der Waals surface area contributed by atoms with Crippen LogP contribution in [0.3, 0.4) is 0 Å². The van der Waals surface area contributed by atoms with Crippen LogP contribution in [0.15, 0.2) is 18.2 Å². The van der Waals surface area contributed by atoms with E-state index in [4.69, 9.17) is 15.2 Å². The molecule has 0 saturated carbocycles. The first kappa shape index (κ1) is 18.6. The Bertz CT molecular complexity index is 494. The number of nitrogens with two attached hydrogens (primary N) is 1. The average molecular weight is 329 g/mol. The molecule has 1 aliphatic heterocycles. The number of benzene rings is 1. The van der Waals surface area contributed by atoms with Crippen LogP contribution in [-0.2, 0) is 0 Å². The number of amides is 1. The van der Waals surface area contributed by atoms with E-state index in [0.717, 1.165) is 32.4 Å². The molecule has 1 aromatic carbocycles. The lowest BCUT2D eigenvalue weighted by Gasteiger charge is -2.33. The van der Waals surface area contributed by atoms with Crippen molar-refractivity contribution in [2.45, 2.75) is 19.3 Å². The maximum atomic E-state index is 12.7. The zero-order chi connectivity index (χ0) is 15.2. The van der Waals surface area contributed by atoms with Crippen LogP contribution in [0.2, 0.25) is 0 Å². The van der Waals surface area contributed by atoms with Crippen LogP contribution in [0.4, 0.5) is 0 Å². The van der Waals surface area contributed by atoms with E-state index in [1.54, 1.807) is 32.4 Å². The number of halogens is 1. The molecule has 6 heteroatoms. The molecule has 1 atom stereocenters. The van der Waals surface area contributed by atoms with Crippen molar-refractivity contribution in [2.24, 2.45) is 11.7 Å². The number of hydrogen-bond acceptors (Lipinski definition) is 4. The molecule has 124 valence electrons. The third kappa shape index (κ3) is 4.27. The van der Waals surface area contributed by atoms with Crippen LogP contribution < -0.4 is 15.2 Å². The van der Waals surface area contributed by atoms with E-state index in [2.05, 4.69) is 0 Å². The van der Waals surface area contributed by atoms with E-state index >= 15 is 0 Å². The second-order valence-corrected chi connectivity index (χ2v) is 5.40. The lowest BCUT2D eigenvalue weighted by atomic mass is 9.94. The molecule has 1 heterocycles. The van der Waals surface area contributed by atoms with Crippen molar-refractivity contribution in [3.05, 3.63) is 23.8 Å². The molecule has 0 aromatic heterocycles. The molecule has 22 heavy (non-hydrogen) atoms. The number of likely N-dealkylation sites (tertiary alicyclic amines) is 1. The fraction of sp³-hybridized carbons (Fsp3) is 0.562. The van der Waals surface area contributed by atoms with E-state index in [1.165, 1.54) is 0 Å². The topological polar surface area (TPSA) is 64.8 Å². The quantitative estimate of drug-likeness (QED) is 0.901. The highest BCUT2D eigenvalue weighted by Gasteiger charge is 2.26. The summed E-state index contributed by atoms with van der Waals surface area (Å²) < 4.78 is 10.5. The number of carbonyl (C=O) groups excluding carboxylic acids is 1. The molecule has 1 aliphatic rings. The van der Waals surface area contributed by atoms with Crippen LogP contribution in [0.1, 0.15) is 29.6 Å². The molecule has 1 aromatic rings. The van der Waals surface area contributed by atoms with Gasteiger partial charge in [-0.2, -0.15) is 0 Å². The van der Waals surface area contributed by atoms with Crippen molar-refractivity contribution in [2.75, 3.05) is 33.9 Å². The molecule has 1 amide bonds. The smallest absolute Gasteiger partial charge is 0.257 e. The molecule has 1 unspecified atom stereocenters. The minimum atomic E-state index is 0. The molecule has 1 fully saturated rings. The van der Waals surface area contributed by atoms with Crippen molar-refractivity contribution >= 4 is 18.3 Å². The van der Waals surface area contributed by atoms with E-state index < -0.39 is 0 Å². The van der Waals surface area contributed by atoms with Crippen LogP contribution in [-0.4, -0.2) is 44.7 Å². The molecular weight excluding hydrogens is 304 g/mol. The van der Waals surface area contributed by atoms with Crippen molar-refractivity contribution < 1.29 is 14.3 Å². The monoisotopic (exact) mass is 328 g/mol. The standard InChI is InChI=1S/C16H24N2O3.ClH/c1-20-13-5-6-14(15(10-13)21-2)16(19)18-9-3-4-12(11-18)7-8-17;/h5-6,10,12H,3-4,7-9,11,17H2,1-2H3;1H. The normalized spacial score (nSPS) is 17.6. The predicted octanol–water partition coefficient (Wildman–Crippen LogP) is 2.33. The molecule has 5 nitrogen and oxygen atoms in total. The van der Waals surface area contributed by atoms with Crippen molar-refractivity contribution in [1.82, 2.24) is 4.90 Å². The van der Waals surface area contributed by atoms with Gasteiger partial charge in [0.2, 0.25) is 0 Å². The highest BCUT2D eigenvalue weighted by Crippen LogP contribution is 2.28. The average Bonchev–Trinajstić information content (AvgIpc) is 2.54. The Balaban J connectivity index is 0.00000242. The van der Waals surface area contributed by atoms with Gasteiger partial charge < -0.3 is 20.1 Å². The molecule has 1 saturated heterocycles. The van der Waals surface area contributed by atoms with Gasteiger partial charge in [-0.15, -0.1) is 12.4 Å². The summed E-state index contributed by atoms with van der Waals surface area (Å²) in [6.07, 6.45) is 3.17. The molecular formula is C16H25ClN2O3. The van der Waals surface area contributed by atoms with Gasteiger partial charge in [0.1, 0.15) is 11.5 Å². The highest BCUT2D eigenvalue weighted by atomic mass is 35.5. The molecule has 0 spiro atoms. The van der Waals surface area contributed by atoms with E-state index in [-0.39, 0.29) is 18.3 Å². The Morgan fingerprint density at radius 1 is 1.36 bits per heavy atom. The van der Waals surface area contributed by atoms with Crippen molar-refractivity contribution in [1.29, 1.82) is 0 Å². The lowest BCUT2D eigenvalue weighted by molar-refractivity contribution is 0.0666. The van der Waals surface area contributed by atoms with Gasteiger partial charge >= 0.3 is 0 Å². The van der Waals surface area contributed by atoms with Gasteiger partial charge in [0, 0.05) is 19.2 Å². The van der Waals surface area contributed by atoms with Gasteiger partial charge in [-0.1, -0.05) is 0 Å². The minimum absolute atomic E-state index is 0. The van der Waals surface area contributed by atoms with E-state index in [9.17, 15) is 4.79 Å². The number of piperidine rings is 1. The second kappa shape index (κ2) is 8.86. The third-order valence-electron chi connectivity index (χ3n) is 4.02. The zero-order valence-electron chi connectivity index (χ0n) is 13.2. The Kier molecular flexibility index (Phi) is 7.48. The molecule has 2 rings (SSSR count). The number of methoxy groups -OCH3 is 2. The fourth-order valence-corrected chi connectivity index (χ4v) is 2.87. The van der Waals surface area contributed by atoms with Gasteiger partial charge in [0.25, 0.3) is 5.91 Å². The Morgan fingerprint density at radius 3 is 2.77 bits per heavy atom. The summed E-state index contributed by atoms with van der Waals surface area (Å²) in [5, 5.41) is 0. The van der Waals surface area contributed by atoms with Gasteiger partial charge in [-0.25, -0.2) is 0 Å². The summed E-state index contributed by atoms with van der Waals surface area (Å²) in [6, 6.07) is 5.30. The first-order chi connectivity index (χ1) is 10.2.